The molecule has 4 nitrogen and oxygen atoms in total. The summed E-state index contributed by atoms with van der Waals surface area (Å²) in [5, 5.41) is 0.512. The highest BCUT2D eigenvalue weighted by Gasteiger charge is 2.12. The van der Waals surface area contributed by atoms with Crippen molar-refractivity contribution >= 4 is 22.6 Å². The van der Waals surface area contributed by atoms with Gasteiger partial charge < -0.3 is 15.5 Å². The summed E-state index contributed by atoms with van der Waals surface area (Å²) in [6.45, 7) is 1.86. The van der Waals surface area contributed by atoms with Crippen LogP contribution in [0.3, 0.4) is 0 Å². The third kappa shape index (κ3) is 1.66. The Bertz CT molecular complexity index is 493. The van der Waals surface area contributed by atoms with Gasteiger partial charge in [0.15, 0.2) is 0 Å². The van der Waals surface area contributed by atoms with Gasteiger partial charge in [0, 0.05) is 0 Å². The Morgan fingerprint density at radius 1 is 1.53 bits per heavy atom. The number of imidazole rings is 1. The summed E-state index contributed by atoms with van der Waals surface area (Å²) in [7, 11) is 1.58. The summed E-state index contributed by atoms with van der Waals surface area (Å²) in [6, 6.07) is 3.53. The summed E-state index contributed by atoms with van der Waals surface area (Å²) < 4.78 is 5.11. The SMILES string of the molecule is COc1ccc2[nH]c([C@@H](C)N)nc2c1Cl. The van der Waals surface area contributed by atoms with Gasteiger partial charge in [0.2, 0.25) is 0 Å². The Hall–Kier alpha value is -1.26. The molecule has 15 heavy (non-hydrogen) atoms. The minimum absolute atomic E-state index is 0.139. The standard InChI is InChI=1S/C10H12ClN3O/c1-5(12)10-13-6-3-4-7(15-2)8(11)9(6)14-10/h3-5H,12H2,1-2H3,(H,13,14)/t5-/m1/s1. The van der Waals surface area contributed by atoms with Crippen LogP contribution in [0.1, 0.15) is 18.8 Å². The highest BCUT2D eigenvalue weighted by Crippen LogP contribution is 2.31. The van der Waals surface area contributed by atoms with Crippen molar-refractivity contribution < 1.29 is 4.74 Å². The van der Waals surface area contributed by atoms with Gasteiger partial charge in [0.05, 0.1) is 18.7 Å². The van der Waals surface area contributed by atoms with Gasteiger partial charge in [-0.3, -0.25) is 0 Å². The largest absolute Gasteiger partial charge is 0.495 e. The summed E-state index contributed by atoms with van der Waals surface area (Å²) in [6.07, 6.45) is 0. The number of methoxy groups -OCH3 is 1. The number of aromatic nitrogens is 2. The molecule has 0 aliphatic carbocycles. The molecule has 1 atom stereocenters. The van der Waals surface area contributed by atoms with Gasteiger partial charge in [-0.1, -0.05) is 11.6 Å². The van der Waals surface area contributed by atoms with Gasteiger partial charge in [-0.05, 0) is 19.1 Å². The van der Waals surface area contributed by atoms with E-state index in [1.807, 2.05) is 13.0 Å². The number of benzene rings is 1. The molecule has 0 fully saturated rings. The van der Waals surface area contributed by atoms with Crippen LogP contribution in [0.15, 0.2) is 12.1 Å². The van der Waals surface area contributed by atoms with Crippen molar-refractivity contribution in [2.45, 2.75) is 13.0 Å². The monoisotopic (exact) mass is 225 g/mol. The van der Waals surface area contributed by atoms with Crippen molar-refractivity contribution in [2.75, 3.05) is 7.11 Å². The number of fused-ring (bicyclic) bond motifs is 1. The van der Waals surface area contributed by atoms with E-state index in [1.165, 1.54) is 0 Å². The predicted octanol–water partition coefficient (Wildman–Crippen LogP) is 2.24. The lowest BCUT2D eigenvalue weighted by Gasteiger charge is -2.01. The maximum absolute atomic E-state index is 6.11. The lowest BCUT2D eigenvalue weighted by atomic mass is 10.3. The van der Waals surface area contributed by atoms with Crippen molar-refractivity contribution in [2.24, 2.45) is 5.73 Å². The zero-order valence-corrected chi connectivity index (χ0v) is 9.30. The van der Waals surface area contributed by atoms with Crippen molar-refractivity contribution in [3.8, 4) is 5.75 Å². The Morgan fingerprint density at radius 2 is 2.27 bits per heavy atom. The van der Waals surface area contributed by atoms with Crippen LogP contribution in [-0.4, -0.2) is 17.1 Å². The molecule has 80 valence electrons. The third-order valence-electron chi connectivity index (χ3n) is 2.23. The molecule has 0 bridgehead atoms. The molecule has 0 aliphatic heterocycles. The molecule has 0 saturated heterocycles. The Kier molecular flexibility index (Phi) is 2.54. The molecule has 0 radical (unpaired) electrons. The van der Waals surface area contributed by atoms with Crippen molar-refractivity contribution in [1.29, 1.82) is 0 Å². The van der Waals surface area contributed by atoms with Gasteiger partial charge in [-0.25, -0.2) is 4.98 Å². The van der Waals surface area contributed by atoms with E-state index in [0.29, 0.717) is 16.3 Å². The minimum atomic E-state index is -0.139. The molecular weight excluding hydrogens is 214 g/mol. The molecule has 0 unspecified atom stereocenters. The fraction of sp³-hybridized carbons (Fsp3) is 0.300. The van der Waals surface area contributed by atoms with E-state index < -0.39 is 0 Å². The first kappa shape index (κ1) is 10.3. The predicted molar refractivity (Wildman–Crippen MR) is 60.3 cm³/mol. The fourth-order valence-electron chi connectivity index (χ4n) is 1.42. The van der Waals surface area contributed by atoms with Crippen LogP contribution in [0.5, 0.6) is 5.75 Å². The van der Waals surface area contributed by atoms with Crippen molar-refractivity contribution in [3.63, 3.8) is 0 Å². The molecule has 1 heterocycles. The molecule has 1 aromatic heterocycles. The van der Waals surface area contributed by atoms with E-state index in [0.717, 1.165) is 11.3 Å². The Labute approximate surface area is 92.4 Å². The van der Waals surface area contributed by atoms with E-state index >= 15 is 0 Å². The summed E-state index contributed by atoms with van der Waals surface area (Å²) >= 11 is 6.11. The number of aromatic amines is 1. The molecular formula is C10H12ClN3O. The van der Waals surface area contributed by atoms with Gasteiger partial charge in [-0.15, -0.1) is 0 Å². The second-order valence-corrected chi connectivity index (χ2v) is 3.77. The minimum Gasteiger partial charge on any atom is -0.495 e. The topological polar surface area (TPSA) is 63.9 Å². The molecule has 0 aliphatic rings. The quantitative estimate of drug-likeness (QED) is 0.824. The van der Waals surface area contributed by atoms with Gasteiger partial charge in [-0.2, -0.15) is 0 Å². The average molecular weight is 226 g/mol. The highest BCUT2D eigenvalue weighted by atomic mass is 35.5. The zero-order chi connectivity index (χ0) is 11.0. The number of nitrogens with zero attached hydrogens (tertiary/aromatic N) is 1. The number of hydrogen-bond donors (Lipinski definition) is 2. The van der Waals surface area contributed by atoms with Gasteiger partial charge in [0.25, 0.3) is 0 Å². The maximum Gasteiger partial charge on any atom is 0.139 e. The first-order chi connectivity index (χ1) is 7.13. The number of nitrogens with two attached hydrogens (primary N) is 1. The number of nitrogens with one attached hydrogen (secondary N) is 1. The van der Waals surface area contributed by atoms with Crippen molar-refractivity contribution in [1.82, 2.24) is 9.97 Å². The summed E-state index contributed by atoms with van der Waals surface area (Å²) in [5.41, 5.74) is 7.30. The first-order valence-corrected chi connectivity index (χ1v) is 4.99. The van der Waals surface area contributed by atoms with Crippen LogP contribution in [-0.2, 0) is 0 Å². The molecule has 0 amide bonds. The number of H-pyrrole nitrogens is 1. The van der Waals surface area contributed by atoms with E-state index in [1.54, 1.807) is 13.2 Å². The van der Waals surface area contributed by atoms with Crippen molar-refractivity contribution in [3.05, 3.63) is 23.0 Å². The molecule has 0 saturated carbocycles. The maximum atomic E-state index is 6.11. The van der Waals surface area contributed by atoms with Crippen LogP contribution >= 0.6 is 11.6 Å². The third-order valence-corrected chi connectivity index (χ3v) is 2.59. The molecule has 5 heteroatoms. The smallest absolute Gasteiger partial charge is 0.139 e. The lowest BCUT2D eigenvalue weighted by molar-refractivity contribution is 0.415. The number of hydrogen-bond acceptors (Lipinski definition) is 3. The van der Waals surface area contributed by atoms with E-state index in [-0.39, 0.29) is 6.04 Å². The van der Waals surface area contributed by atoms with E-state index in [9.17, 15) is 0 Å². The van der Waals surface area contributed by atoms with Crippen LogP contribution in [0.2, 0.25) is 5.02 Å². The summed E-state index contributed by atoms with van der Waals surface area (Å²) in [5.74, 6) is 1.34. The lowest BCUT2D eigenvalue weighted by Crippen LogP contribution is -2.06. The number of ether oxygens (including phenoxy) is 1. The van der Waals surface area contributed by atoms with Crippen LogP contribution < -0.4 is 10.5 Å². The second kappa shape index (κ2) is 3.72. The zero-order valence-electron chi connectivity index (χ0n) is 8.54. The number of halogens is 1. The highest BCUT2D eigenvalue weighted by molar-refractivity contribution is 6.36. The van der Waals surface area contributed by atoms with Crippen LogP contribution in [0.25, 0.3) is 11.0 Å². The van der Waals surface area contributed by atoms with Gasteiger partial charge in [0.1, 0.15) is 22.1 Å². The van der Waals surface area contributed by atoms with E-state index in [4.69, 9.17) is 22.1 Å². The summed E-state index contributed by atoms with van der Waals surface area (Å²) in [4.78, 5) is 7.44. The molecule has 3 N–H and O–H groups in total. The van der Waals surface area contributed by atoms with Crippen LogP contribution in [0.4, 0.5) is 0 Å². The number of rotatable bonds is 2. The van der Waals surface area contributed by atoms with Gasteiger partial charge >= 0.3 is 0 Å². The molecule has 2 aromatic rings. The van der Waals surface area contributed by atoms with Crippen LogP contribution in [0, 0.1) is 0 Å². The fourth-order valence-corrected chi connectivity index (χ4v) is 1.70. The first-order valence-electron chi connectivity index (χ1n) is 4.61. The molecule has 2 rings (SSSR count). The normalized spacial score (nSPS) is 13.1. The molecule has 1 aromatic carbocycles. The average Bonchev–Trinajstić information content (AvgIpc) is 2.63. The Morgan fingerprint density at radius 3 is 2.87 bits per heavy atom. The molecule has 0 spiro atoms. The van der Waals surface area contributed by atoms with E-state index in [2.05, 4.69) is 9.97 Å². The Balaban J connectivity index is 2.66. The second-order valence-electron chi connectivity index (χ2n) is 3.39.